The number of thiol groups is 1. The Kier molecular flexibility index (Phi) is 9.35. The first-order chi connectivity index (χ1) is 13.2. The number of carbonyl (C=O) groups is 1. The third kappa shape index (κ3) is 8.69. The summed E-state index contributed by atoms with van der Waals surface area (Å²) in [5.41, 5.74) is 3.10. The molecule has 0 saturated heterocycles. The molecule has 5 heteroatoms. The van der Waals surface area contributed by atoms with Crippen LogP contribution in [0.2, 0.25) is 0 Å². The van der Waals surface area contributed by atoms with Gasteiger partial charge >= 0.3 is 0 Å². The summed E-state index contributed by atoms with van der Waals surface area (Å²) >= 11 is 3.93. The van der Waals surface area contributed by atoms with Gasteiger partial charge in [-0.25, -0.2) is 0 Å². The van der Waals surface area contributed by atoms with Crippen LogP contribution in [0.4, 0.5) is 5.69 Å². The molecule has 0 radical (unpaired) electrons. The number of hydrogen-bond donors (Lipinski definition) is 3. The van der Waals surface area contributed by atoms with E-state index in [0.29, 0.717) is 13.2 Å². The fourth-order valence-electron chi connectivity index (χ4n) is 2.60. The molecule has 0 aliphatic heterocycles. The van der Waals surface area contributed by atoms with Gasteiger partial charge in [0.2, 0.25) is 5.91 Å². The Balaban J connectivity index is 1.67. The van der Waals surface area contributed by atoms with E-state index < -0.39 is 0 Å². The Bertz CT molecular complexity index is 719. The highest BCUT2D eigenvalue weighted by Gasteiger charge is 2.01. The highest BCUT2D eigenvalue weighted by atomic mass is 32.1. The molecule has 0 aromatic heterocycles. The second-order valence-corrected chi connectivity index (χ2v) is 6.67. The van der Waals surface area contributed by atoms with E-state index >= 15 is 0 Å². The van der Waals surface area contributed by atoms with Crippen LogP contribution in [-0.4, -0.2) is 18.2 Å². The lowest BCUT2D eigenvalue weighted by atomic mass is 10.1. The van der Waals surface area contributed by atoms with Gasteiger partial charge in [0, 0.05) is 24.0 Å². The highest BCUT2D eigenvalue weighted by Crippen LogP contribution is 2.21. The van der Waals surface area contributed by atoms with Crippen LogP contribution in [0.15, 0.2) is 66.9 Å². The Hall–Kier alpha value is -2.40. The van der Waals surface area contributed by atoms with Gasteiger partial charge in [0.1, 0.15) is 12.4 Å². The second-order valence-electron chi connectivity index (χ2n) is 6.35. The summed E-state index contributed by atoms with van der Waals surface area (Å²) in [6.45, 7) is 5.36. The third-order valence-electron chi connectivity index (χ3n) is 4.02. The molecule has 0 heterocycles. The van der Waals surface area contributed by atoms with E-state index in [-0.39, 0.29) is 11.7 Å². The lowest BCUT2D eigenvalue weighted by Gasteiger charge is -2.12. The lowest BCUT2D eigenvalue weighted by Crippen LogP contribution is -2.25. The van der Waals surface area contributed by atoms with Crippen LogP contribution in [0.1, 0.15) is 31.2 Å². The molecule has 1 amide bonds. The standard InChI is InChI=1S/C22H28N2O2S/c1-18(9-4-3-7-14-23-22(25)17-27)24-20-12-8-13-21(15-20)26-16-19-10-5-2-6-11-19/h2,5-6,8,10-13,15,24,27H,1,3-4,7,9,14,16-17H2,(H,23,25). The van der Waals surface area contributed by atoms with E-state index in [4.69, 9.17) is 4.74 Å². The Morgan fingerprint density at radius 1 is 1.04 bits per heavy atom. The molecule has 0 aliphatic rings. The zero-order chi connectivity index (χ0) is 19.3. The van der Waals surface area contributed by atoms with Gasteiger partial charge in [0.15, 0.2) is 0 Å². The minimum Gasteiger partial charge on any atom is -0.489 e. The van der Waals surface area contributed by atoms with Crippen molar-refractivity contribution in [3.05, 3.63) is 72.4 Å². The van der Waals surface area contributed by atoms with Crippen LogP contribution in [-0.2, 0) is 11.4 Å². The minimum absolute atomic E-state index is 0.0150. The predicted octanol–water partition coefficient (Wildman–Crippen LogP) is 4.80. The first-order valence-electron chi connectivity index (χ1n) is 9.26. The molecule has 4 nitrogen and oxygen atoms in total. The average molecular weight is 385 g/mol. The van der Waals surface area contributed by atoms with Crippen LogP contribution < -0.4 is 15.4 Å². The normalized spacial score (nSPS) is 10.3. The zero-order valence-electron chi connectivity index (χ0n) is 15.6. The molecule has 2 aromatic rings. The van der Waals surface area contributed by atoms with Crippen molar-refractivity contribution in [3.63, 3.8) is 0 Å². The van der Waals surface area contributed by atoms with Gasteiger partial charge in [0.25, 0.3) is 0 Å². The Morgan fingerprint density at radius 3 is 2.63 bits per heavy atom. The van der Waals surface area contributed by atoms with Crippen molar-refractivity contribution in [1.29, 1.82) is 0 Å². The molecule has 27 heavy (non-hydrogen) atoms. The molecule has 0 spiro atoms. The number of benzene rings is 2. The number of anilines is 1. The molecule has 144 valence electrons. The predicted molar refractivity (Wildman–Crippen MR) is 115 cm³/mol. The van der Waals surface area contributed by atoms with Crippen LogP contribution in [0.3, 0.4) is 0 Å². The Labute approximate surface area is 167 Å². The highest BCUT2D eigenvalue weighted by molar-refractivity contribution is 7.81. The molecular weight excluding hydrogens is 356 g/mol. The number of hydrogen-bond acceptors (Lipinski definition) is 4. The maximum atomic E-state index is 11.1. The molecule has 0 aliphatic carbocycles. The molecule has 0 unspecified atom stereocenters. The summed E-state index contributed by atoms with van der Waals surface area (Å²) in [6.07, 6.45) is 3.95. The maximum Gasteiger partial charge on any atom is 0.229 e. The van der Waals surface area contributed by atoms with Crippen molar-refractivity contribution >= 4 is 24.2 Å². The lowest BCUT2D eigenvalue weighted by molar-refractivity contribution is -0.118. The SMILES string of the molecule is C=C(CCCCCNC(=O)CS)Nc1cccc(OCc2ccccc2)c1. The van der Waals surface area contributed by atoms with E-state index in [1.165, 1.54) is 0 Å². The van der Waals surface area contributed by atoms with Crippen molar-refractivity contribution in [2.75, 3.05) is 17.6 Å². The van der Waals surface area contributed by atoms with E-state index in [0.717, 1.165) is 48.4 Å². The van der Waals surface area contributed by atoms with Gasteiger partial charge < -0.3 is 15.4 Å². The summed E-state index contributed by atoms with van der Waals surface area (Å²) in [6, 6.07) is 18.0. The molecule has 2 aromatic carbocycles. The van der Waals surface area contributed by atoms with Gasteiger partial charge in [-0.2, -0.15) is 12.6 Å². The van der Waals surface area contributed by atoms with Crippen molar-refractivity contribution in [2.45, 2.75) is 32.3 Å². The first-order valence-corrected chi connectivity index (χ1v) is 9.90. The number of ether oxygens (including phenoxy) is 1. The molecule has 0 bridgehead atoms. The smallest absolute Gasteiger partial charge is 0.229 e. The van der Waals surface area contributed by atoms with Crippen LogP contribution >= 0.6 is 12.6 Å². The van der Waals surface area contributed by atoms with Gasteiger partial charge in [-0.05, 0) is 37.0 Å². The topological polar surface area (TPSA) is 50.4 Å². The van der Waals surface area contributed by atoms with Crippen molar-refractivity contribution < 1.29 is 9.53 Å². The summed E-state index contributed by atoms with van der Waals surface area (Å²) in [4.78, 5) is 11.1. The number of rotatable bonds is 12. The molecule has 2 rings (SSSR count). The number of allylic oxidation sites excluding steroid dienone is 1. The van der Waals surface area contributed by atoms with Crippen molar-refractivity contribution in [2.24, 2.45) is 0 Å². The number of nitrogens with one attached hydrogen (secondary N) is 2. The second kappa shape index (κ2) is 12.1. The van der Waals surface area contributed by atoms with E-state index in [1.54, 1.807) is 0 Å². The van der Waals surface area contributed by atoms with Crippen molar-refractivity contribution in [3.8, 4) is 5.75 Å². The summed E-state index contributed by atoms with van der Waals surface area (Å²) < 4.78 is 5.86. The number of amides is 1. The monoisotopic (exact) mass is 384 g/mol. The Morgan fingerprint density at radius 2 is 1.85 bits per heavy atom. The van der Waals surface area contributed by atoms with E-state index in [9.17, 15) is 4.79 Å². The van der Waals surface area contributed by atoms with E-state index in [1.807, 2.05) is 54.6 Å². The molecule has 0 saturated carbocycles. The molecule has 2 N–H and O–H groups in total. The van der Waals surface area contributed by atoms with Crippen LogP contribution in [0.5, 0.6) is 5.75 Å². The van der Waals surface area contributed by atoms with Gasteiger partial charge in [-0.15, -0.1) is 0 Å². The van der Waals surface area contributed by atoms with Crippen LogP contribution in [0, 0.1) is 0 Å². The summed E-state index contributed by atoms with van der Waals surface area (Å²) in [5, 5.41) is 6.17. The minimum atomic E-state index is -0.0150. The fourth-order valence-corrected chi connectivity index (χ4v) is 2.71. The summed E-state index contributed by atoms with van der Waals surface area (Å²) in [7, 11) is 0. The zero-order valence-corrected chi connectivity index (χ0v) is 16.5. The quantitative estimate of drug-likeness (QED) is 0.364. The number of carbonyl (C=O) groups excluding carboxylic acids is 1. The number of unbranched alkanes of at least 4 members (excludes halogenated alkanes) is 2. The van der Waals surface area contributed by atoms with Gasteiger partial charge in [-0.3, -0.25) is 4.79 Å². The molecule has 0 atom stereocenters. The molecule has 0 fully saturated rings. The third-order valence-corrected chi connectivity index (χ3v) is 4.31. The van der Waals surface area contributed by atoms with Crippen LogP contribution in [0.25, 0.3) is 0 Å². The fraction of sp³-hybridized carbons (Fsp3) is 0.318. The largest absolute Gasteiger partial charge is 0.489 e. The molecular formula is C22H28N2O2S. The van der Waals surface area contributed by atoms with E-state index in [2.05, 4.69) is 29.8 Å². The van der Waals surface area contributed by atoms with Gasteiger partial charge in [-0.1, -0.05) is 49.4 Å². The first kappa shape index (κ1) is 20.9. The van der Waals surface area contributed by atoms with Crippen molar-refractivity contribution in [1.82, 2.24) is 5.32 Å². The maximum absolute atomic E-state index is 11.1. The average Bonchev–Trinajstić information content (AvgIpc) is 2.70. The summed E-state index contributed by atoms with van der Waals surface area (Å²) in [5.74, 6) is 1.06. The van der Waals surface area contributed by atoms with Gasteiger partial charge in [0.05, 0.1) is 5.75 Å².